The minimum Gasteiger partial charge on any atom is -0.368 e. The molecule has 0 aliphatic carbocycles. The van der Waals surface area contributed by atoms with E-state index in [0.29, 0.717) is 48.8 Å². The van der Waals surface area contributed by atoms with Crippen molar-refractivity contribution in [2.24, 2.45) is 0 Å². The number of anilines is 3. The number of hydrogen-bond donors (Lipinski definition) is 2. The normalized spacial score (nSPS) is 13.5. The highest BCUT2D eigenvalue weighted by atomic mass is 32.2. The van der Waals surface area contributed by atoms with Gasteiger partial charge in [0.15, 0.2) is 0 Å². The van der Waals surface area contributed by atoms with Gasteiger partial charge in [-0.25, -0.2) is 18.2 Å². The van der Waals surface area contributed by atoms with Crippen molar-refractivity contribution in [3.63, 3.8) is 0 Å². The zero-order valence-electron chi connectivity index (χ0n) is 21.1. The predicted octanol–water partition coefficient (Wildman–Crippen LogP) is 4.03. The van der Waals surface area contributed by atoms with E-state index in [4.69, 9.17) is 5.26 Å². The number of aromatic nitrogens is 2. The van der Waals surface area contributed by atoms with Crippen LogP contribution in [0.3, 0.4) is 0 Å². The van der Waals surface area contributed by atoms with Crippen LogP contribution < -0.4 is 14.5 Å². The van der Waals surface area contributed by atoms with Crippen molar-refractivity contribution in [3.8, 4) is 6.07 Å². The molecule has 0 radical (unpaired) electrons. The van der Waals surface area contributed by atoms with E-state index in [2.05, 4.69) is 26.3 Å². The summed E-state index contributed by atoms with van der Waals surface area (Å²) < 4.78 is 28.4. The molecule has 0 saturated carbocycles. The SMILES string of the molecule is N#Cc1cccc(NC(=O)N2CCN(c3ccc(N(Cc4cnc[nH]4)S(=O)(=O)c4ccccc4)cc3)CC2)c1. The lowest BCUT2D eigenvalue weighted by Crippen LogP contribution is -2.50. The van der Waals surface area contributed by atoms with Gasteiger partial charge in [0.25, 0.3) is 10.0 Å². The van der Waals surface area contributed by atoms with Gasteiger partial charge in [-0.15, -0.1) is 0 Å². The van der Waals surface area contributed by atoms with Gasteiger partial charge in [0.05, 0.1) is 40.8 Å². The van der Waals surface area contributed by atoms with Gasteiger partial charge in [0.2, 0.25) is 0 Å². The maximum absolute atomic E-state index is 13.5. The minimum atomic E-state index is -3.81. The van der Waals surface area contributed by atoms with Crippen molar-refractivity contribution in [1.29, 1.82) is 5.26 Å². The number of imidazole rings is 1. The van der Waals surface area contributed by atoms with Crippen LogP contribution in [0.25, 0.3) is 0 Å². The van der Waals surface area contributed by atoms with E-state index >= 15 is 0 Å². The number of rotatable bonds is 7. The highest BCUT2D eigenvalue weighted by Crippen LogP contribution is 2.28. The van der Waals surface area contributed by atoms with Crippen molar-refractivity contribution in [2.45, 2.75) is 11.4 Å². The summed E-state index contributed by atoms with van der Waals surface area (Å²) in [5, 5.41) is 11.9. The number of hydrogen-bond acceptors (Lipinski definition) is 6. The Hall–Kier alpha value is -4.82. The van der Waals surface area contributed by atoms with Crippen LogP contribution in [0.4, 0.5) is 21.9 Å². The predicted molar refractivity (Wildman–Crippen MR) is 149 cm³/mol. The fourth-order valence-electron chi connectivity index (χ4n) is 4.43. The van der Waals surface area contributed by atoms with Gasteiger partial charge in [-0.2, -0.15) is 5.26 Å². The number of carbonyl (C=O) groups excluding carboxylic acids is 1. The third-order valence-corrected chi connectivity index (χ3v) is 8.30. The molecule has 1 fully saturated rings. The maximum Gasteiger partial charge on any atom is 0.321 e. The van der Waals surface area contributed by atoms with E-state index < -0.39 is 10.0 Å². The van der Waals surface area contributed by atoms with E-state index in [0.717, 1.165) is 5.69 Å². The fourth-order valence-corrected chi connectivity index (χ4v) is 5.89. The van der Waals surface area contributed by atoms with Gasteiger partial charge in [-0.1, -0.05) is 24.3 Å². The molecule has 0 spiro atoms. The first kappa shape index (κ1) is 25.8. The lowest BCUT2D eigenvalue weighted by atomic mass is 10.2. The number of benzene rings is 3. The molecular weight excluding hydrogens is 514 g/mol. The van der Waals surface area contributed by atoms with Gasteiger partial charge >= 0.3 is 6.03 Å². The average Bonchev–Trinajstić information content (AvgIpc) is 3.50. The second kappa shape index (κ2) is 11.3. The molecular formula is C28H27N7O3S. The topological polar surface area (TPSA) is 125 Å². The molecule has 39 heavy (non-hydrogen) atoms. The monoisotopic (exact) mass is 541 g/mol. The Morgan fingerprint density at radius 3 is 2.41 bits per heavy atom. The molecule has 11 heteroatoms. The Morgan fingerprint density at radius 1 is 1.00 bits per heavy atom. The first-order valence-corrected chi connectivity index (χ1v) is 13.8. The van der Waals surface area contributed by atoms with Gasteiger partial charge in [0, 0.05) is 43.8 Å². The standard InChI is InChI=1S/C28H27N7O3S/c29-18-22-5-4-6-23(17-22)32-28(36)34-15-13-33(14-16-34)25-9-11-26(12-10-25)35(20-24-19-30-21-31-24)39(37,38)27-7-2-1-3-8-27/h1-12,17,19,21H,13-16,20H2,(H,30,31)(H,32,36). The van der Waals surface area contributed by atoms with Gasteiger partial charge in [-0.05, 0) is 54.6 Å². The molecule has 1 aliphatic rings. The Morgan fingerprint density at radius 2 is 1.74 bits per heavy atom. The number of nitriles is 1. The van der Waals surface area contributed by atoms with Crippen LogP contribution in [-0.2, 0) is 16.6 Å². The number of nitrogens with zero attached hydrogens (tertiary/aromatic N) is 5. The number of aromatic amines is 1. The molecule has 5 rings (SSSR count). The summed E-state index contributed by atoms with van der Waals surface area (Å²) in [6.07, 6.45) is 3.13. The Labute approximate surface area is 227 Å². The smallest absolute Gasteiger partial charge is 0.321 e. The quantitative estimate of drug-likeness (QED) is 0.364. The molecule has 0 atom stereocenters. The summed E-state index contributed by atoms with van der Waals surface area (Å²) in [5.74, 6) is 0. The lowest BCUT2D eigenvalue weighted by Gasteiger charge is -2.36. The summed E-state index contributed by atoms with van der Waals surface area (Å²) in [5.41, 5.74) is 3.23. The summed E-state index contributed by atoms with van der Waals surface area (Å²) in [6.45, 7) is 2.43. The van der Waals surface area contributed by atoms with E-state index in [1.165, 1.54) is 10.6 Å². The molecule has 0 unspecified atom stereocenters. The lowest BCUT2D eigenvalue weighted by molar-refractivity contribution is 0.208. The number of nitrogens with one attached hydrogen (secondary N) is 2. The first-order chi connectivity index (χ1) is 18.9. The van der Waals surface area contributed by atoms with Crippen LogP contribution in [0.15, 0.2) is 96.3 Å². The van der Waals surface area contributed by atoms with Crippen LogP contribution in [0.5, 0.6) is 0 Å². The van der Waals surface area contributed by atoms with Crippen LogP contribution in [0.1, 0.15) is 11.3 Å². The van der Waals surface area contributed by atoms with Crippen molar-refractivity contribution >= 4 is 33.1 Å². The highest BCUT2D eigenvalue weighted by Gasteiger charge is 2.26. The van der Waals surface area contributed by atoms with Crippen LogP contribution in [-0.4, -0.2) is 55.5 Å². The number of urea groups is 1. The van der Waals surface area contributed by atoms with E-state index in [1.54, 1.807) is 77.8 Å². The molecule has 1 saturated heterocycles. The van der Waals surface area contributed by atoms with Gasteiger partial charge in [-0.3, -0.25) is 4.31 Å². The van der Waals surface area contributed by atoms with E-state index in [9.17, 15) is 13.2 Å². The van der Waals surface area contributed by atoms with E-state index in [-0.39, 0.29) is 17.5 Å². The molecule has 198 valence electrons. The molecule has 2 N–H and O–H groups in total. The van der Waals surface area contributed by atoms with Gasteiger partial charge < -0.3 is 20.1 Å². The summed E-state index contributed by atoms with van der Waals surface area (Å²) in [7, 11) is -3.81. The molecule has 2 amide bonds. The van der Waals surface area contributed by atoms with Crippen molar-refractivity contribution in [3.05, 3.63) is 103 Å². The van der Waals surface area contributed by atoms with Crippen molar-refractivity contribution in [2.75, 3.05) is 40.7 Å². The number of sulfonamides is 1. The number of piperazine rings is 1. The van der Waals surface area contributed by atoms with Crippen LogP contribution in [0.2, 0.25) is 0 Å². The van der Waals surface area contributed by atoms with Crippen molar-refractivity contribution < 1.29 is 13.2 Å². The molecule has 10 nitrogen and oxygen atoms in total. The number of H-pyrrole nitrogens is 1. The Balaban J connectivity index is 1.27. The zero-order chi connectivity index (χ0) is 27.2. The average molecular weight is 542 g/mol. The largest absolute Gasteiger partial charge is 0.368 e. The molecule has 1 aromatic heterocycles. The molecule has 3 aromatic carbocycles. The maximum atomic E-state index is 13.5. The first-order valence-electron chi connectivity index (χ1n) is 12.4. The summed E-state index contributed by atoms with van der Waals surface area (Å²) >= 11 is 0. The highest BCUT2D eigenvalue weighted by molar-refractivity contribution is 7.92. The van der Waals surface area contributed by atoms with Crippen molar-refractivity contribution in [1.82, 2.24) is 14.9 Å². The number of carbonyl (C=O) groups is 1. The second-order valence-electron chi connectivity index (χ2n) is 9.01. The summed E-state index contributed by atoms with van der Waals surface area (Å²) in [6, 6.07) is 24.4. The zero-order valence-corrected chi connectivity index (χ0v) is 21.9. The summed E-state index contributed by atoms with van der Waals surface area (Å²) in [4.78, 5) is 23.8. The Kier molecular flexibility index (Phi) is 7.47. The van der Waals surface area contributed by atoms with Crippen LogP contribution in [0, 0.1) is 11.3 Å². The fraction of sp³-hybridized carbons (Fsp3) is 0.179. The molecule has 1 aliphatic heterocycles. The third-order valence-electron chi connectivity index (χ3n) is 6.51. The third kappa shape index (κ3) is 5.86. The molecule has 0 bridgehead atoms. The molecule has 2 heterocycles. The van der Waals surface area contributed by atoms with E-state index in [1.807, 2.05) is 12.1 Å². The van der Waals surface area contributed by atoms with Gasteiger partial charge in [0.1, 0.15) is 0 Å². The molecule has 4 aromatic rings. The number of amides is 2. The minimum absolute atomic E-state index is 0.113. The Bertz CT molecular complexity index is 1560. The second-order valence-corrected chi connectivity index (χ2v) is 10.9. The van der Waals surface area contributed by atoms with Crippen LogP contribution >= 0.6 is 0 Å².